The maximum absolute atomic E-state index is 10.5. The molecule has 4 nitrogen and oxygen atoms in total. The molecule has 0 aromatic heterocycles. The molecule has 0 spiro atoms. The Morgan fingerprint density at radius 1 is 1.56 bits per heavy atom. The molecule has 1 atom stereocenters. The van der Waals surface area contributed by atoms with Crippen molar-refractivity contribution >= 4 is 16.3 Å². The number of hydrogen-bond acceptors (Lipinski definition) is 3. The van der Waals surface area contributed by atoms with E-state index in [1.165, 1.54) is 0 Å². The molecule has 52 valence electrons. The van der Waals surface area contributed by atoms with Gasteiger partial charge in [0.1, 0.15) is 6.29 Å². The van der Waals surface area contributed by atoms with Crippen LogP contribution in [0, 0.1) is 0 Å². The Balaban J connectivity index is 2.68. The van der Waals surface area contributed by atoms with E-state index in [4.69, 9.17) is 0 Å². The van der Waals surface area contributed by atoms with Gasteiger partial charge in [-0.2, -0.15) is 0 Å². The number of rotatable bonds is 1. The van der Waals surface area contributed by atoms with Crippen molar-refractivity contribution in [3.8, 4) is 0 Å². The summed E-state index contributed by atoms with van der Waals surface area (Å²) in [5.41, 5.74) is 0. The summed E-state index contributed by atoms with van der Waals surface area (Å²) in [6, 6.07) is -0.477. The van der Waals surface area contributed by atoms with Gasteiger partial charge in [-0.15, -0.1) is 0 Å². The van der Waals surface area contributed by atoms with Crippen LogP contribution >= 0.6 is 0 Å². The third kappa shape index (κ3) is 1.49. The second kappa shape index (κ2) is 2.07. The molecule has 0 saturated carbocycles. The minimum absolute atomic E-state index is 0.0798. The van der Waals surface area contributed by atoms with Crippen LogP contribution in [0.2, 0.25) is 0 Å². The van der Waals surface area contributed by atoms with Gasteiger partial charge >= 0.3 is 0 Å². The Bertz CT molecular complexity index is 208. The normalized spacial score (nSPS) is 32.2. The van der Waals surface area contributed by atoms with E-state index in [2.05, 4.69) is 4.72 Å². The molecular formula is C4H7NO3S. The lowest BCUT2D eigenvalue weighted by Crippen LogP contribution is -2.26. The predicted octanol–water partition coefficient (Wildman–Crippen LogP) is -1.12. The van der Waals surface area contributed by atoms with Crippen molar-refractivity contribution in [2.45, 2.75) is 12.5 Å². The molecule has 1 heterocycles. The van der Waals surface area contributed by atoms with Crippen LogP contribution in [-0.2, 0) is 14.8 Å². The largest absolute Gasteiger partial charge is 0.302 e. The Labute approximate surface area is 53.3 Å². The quantitative estimate of drug-likeness (QED) is 0.480. The zero-order valence-electron chi connectivity index (χ0n) is 4.70. The van der Waals surface area contributed by atoms with E-state index in [0.29, 0.717) is 12.7 Å². The second-order valence-electron chi connectivity index (χ2n) is 1.97. The number of sulfonamides is 1. The van der Waals surface area contributed by atoms with Gasteiger partial charge in [0.15, 0.2) is 0 Å². The fourth-order valence-corrected chi connectivity index (χ4v) is 2.04. The van der Waals surface area contributed by atoms with Gasteiger partial charge in [0.25, 0.3) is 0 Å². The lowest BCUT2D eigenvalue weighted by atomic mass is 10.3. The Morgan fingerprint density at radius 2 is 2.22 bits per heavy atom. The molecule has 1 unspecified atom stereocenters. The van der Waals surface area contributed by atoms with Crippen molar-refractivity contribution in [1.82, 2.24) is 4.72 Å². The van der Waals surface area contributed by atoms with Crippen LogP contribution in [0.4, 0.5) is 0 Å². The monoisotopic (exact) mass is 149 g/mol. The molecule has 5 heteroatoms. The summed E-state index contributed by atoms with van der Waals surface area (Å²) < 4.78 is 23.2. The zero-order chi connectivity index (χ0) is 6.91. The van der Waals surface area contributed by atoms with E-state index >= 15 is 0 Å². The predicted molar refractivity (Wildman–Crippen MR) is 31.4 cm³/mol. The van der Waals surface area contributed by atoms with Crippen LogP contribution in [0.1, 0.15) is 6.42 Å². The third-order valence-corrected chi connectivity index (χ3v) is 2.63. The molecular weight excluding hydrogens is 142 g/mol. The van der Waals surface area contributed by atoms with E-state index in [1.807, 2.05) is 0 Å². The maximum Gasteiger partial charge on any atom is 0.212 e. The van der Waals surface area contributed by atoms with Crippen molar-refractivity contribution in [2.24, 2.45) is 0 Å². The topological polar surface area (TPSA) is 63.2 Å². The van der Waals surface area contributed by atoms with Crippen LogP contribution in [0.5, 0.6) is 0 Å². The molecule has 0 aromatic rings. The number of aldehydes is 1. The molecule has 1 aliphatic rings. The SMILES string of the molecule is O=CC1CCS(=O)(=O)N1. The molecule has 0 radical (unpaired) electrons. The van der Waals surface area contributed by atoms with Gasteiger partial charge in [-0.05, 0) is 6.42 Å². The lowest BCUT2D eigenvalue weighted by Gasteiger charge is -1.93. The van der Waals surface area contributed by atoms with E-state index in [0.717, 1.165) is 0 Å². The summed E-state index contributed by atoms with van der Waals surface area (Å²) in [7, 11) is -3.09. The van der Waals surface area contributed by atoms with Gasteiger partial charge in [0.2, 0.25) is 10.0 Å². The van der Waals surface area contributed by atoms with E-state index < -0.39 is 16.1 Å². The molecule has 9 heavy (non-hydrogen) atoms. The van der Waals surface area contributed by atoms with Crippen molar-refractivity contribution in [2.75, 3.05) is 5.75 Å². The van der Waals surface area contributed by atoms with Gasteiger partial charge in [-0.3, -0.25) is 0 Å². The number of nitrogens with one attached hydrogen (secondary N) is 1. The van der Waals surface area contributed by atoms with Gasteiger partial charge in [0.05, 0.1) is 11.8 Å². The van der Waals surface area contributed by atoms with Crippen molar-refractivity contribution < 1.29 is 13.2 Å². The highest BCUT2D eigenvalue weighted by Gasteiger charge is 2.25. The minimum Gasteiger partial charge on any atom is -0.302 e. The number of carbonyl (C=O) groups excluding carboxylic acids is 1. The standard InChI is InChI=1S/C4H7NO3S/c6-3-4-1-2-9(7,8)5-4/h3-5H,1-2H2. The lowest BCUT2D eigenvalue weighted by molar-refractivity contribution is -0.109. The molecule has 1 N–H and O–H groups in total. The summed E-state index contributed by atoms with van der Waals surface area (Å²) >= 11 is 0. The first kappa shape index (κ1) is 6.70. The molecule has 1 saturated heterocycles. The first-order valence-corrected chi connectivity index (χ1v) is 4.24. The average molecular weight is 149 g/mol. The van der Waals surface area contributed by atoms with E-state index in [1.54, 1.807) is 0 Å². The van der Waals surface area contributed by atoms with Crippen LogP contribution in [-0.4, -0.2) is 26.5 Å². The maximum atomic E-state index is 10.5. The molecule has 1 rings (SSSR count). The molecule has 0 aliphatic carbocycles. The first-order chi connectivity index (χ1) is 4.14. The number of carbonyl (C=O) groups is 1. The van der Waals surface area contributed by atoms with Gasteiger partial charge in [-0.25, -0.2) is 13.1 Å². The zero-order valence-corrected chi connectivity index (χ0v) is 5.52. The molecule has 0 amide bonds. The highest BCUT2D eigenvalue weighted by Crippen LogP contribution is 2.03. The van der Waals surface area contributed by atoms with Crippen LogP contribution < -0.4 is 4.72 Å². The molecule has 1 aliphatic heterocycles. The fraction of sp³-hybridized carbons (Fsp3) is 0.750. The Kier molecular flexibility index (Phi) is 1.54. The van der Waals surface area contributed by atoms with Crippen molar-refractivity contribution in [1.29, 1.82) is 0 Å². The second-order valence-corrected chi connectivity index (χ2v) is 3.84. The third-order valence-electron chi connectivity index (χ3n) is 1.19. The average Bonchev–Trinajstić information content (AvgIpc) is 2.10. The molecule has 1 fully saturated rings. The Morgan fingerprint density at radius 3 is 2.44 bits per heavy atom. The van der Waals surface area contributed by atoms with E-state index in [9.17, 15) is 13.2 Å². The van der Waals surface area contributed by atoms with Crippen LogP contribution in [0.3, 0.4) is 0 Å². The summed E-state index contributed by atoms with van der Waals surface area (Å²) in [6.45, 7) is 0. The smallest absolute Gasteiger partial charge is 0.212 e. The Hall–Kier alpha value is -0.420. The molecule has 0 aromatic carbocycles. The van der Waals surface area contributed by atoms with Gasteiger partial charge in [-0.1, -0.05) is 0 Å². The summed E-state index contributed by atoms with van der Waals surface area (Å²) in [5.74, 6) is 0.0798. The summed E-state index contributed by atoms with van der Waals surface area (Å²) in [4.78, 5) is 9.97. The first-order valence-electron chi connectivity index (χ1n) is 2.59. The van der Waals surface area contributed by atoms with Crippen LogP contribution in [0.25, 0.3) is 0 Å². The highest BCUT2D eigenvalue weighted by atomic mass is 32.2. The summed E-state index contributed by atoms with van der Waals surface area (Å²) in [6.07, 6.45) is 1.02. The van der Waals surface area contributed by atoms with Crippen LogP contribution in [0.15, 0.2) is 0 Å². The van der Waals surface area contributed by atoms with Crippen molar-refractivity contribution in [3.63, 3.8) is 0 Å². The van der Waals surface area contributed by atoms with E-state index in [-0.39, 0.29) is 5.75 Å². The molecule has 0 bridgehead atoms. The fourth-order valence-electron chi connectivity index (χ4n) is 0.726. The summed E-state index contributed by atoms with van der Waals surface area (Å²) in [5, 5.41) is 0. The van der Waals surface area contributed by atoms with Gasteiger partial charge in [0, 0.05) is 0 Å². The van der Waals surface area contributed by atoms with Gasteiger partial charge < -0.3 is 4.79 Å². The van der Waals surface area contributed by atoms with Crippen molar-refractivity contribution in [3.05, 3.63) is 0 Å². The minimum atomic E-state index is -3.09. The highest BCUT2D eigenvalue weighted by molar-refractivity contribution is 7.89. The number of hydrogen-bond donors (Lipinski definition) is 1.